The molecule has 27 heavy (non-hydrogen) atoms. The highest BCUT2D eigenvalue weighted by atomic mass is 16.2. The molecule has 3 amide bonds. The monoisotopic (exact) mass is 376 g/mol. The number of hydrogen-bond donors (Lipinski definition) is 3. The van der Waals surface area contributed by atoms with Gasteiger partial charge in [-0.1, -0.05) is 40.5 Å². The van der Waals surface area contributed by atoms with Gasteiger partial charge in [-0.15, -0.1) is 6.42 Å². The zero-order chi connectivity index (χ0) is 20.9. The number of ketones is 1. The van der Waals surface area contributed by atoms with E-state index in [4.69, 9.17) is 17.9 Å². The Morgan fingerprint density at radius 1 is 1.26 bits per heavy atom. The zero-order valence-corrected chi connectivity index (χ0v) is 16.4. The molecule has 0 radical (unpaired) electrons. The standard InChI is InChI=1S/C19H28N4O4/c1-7-10(13(24)15(21)25)22-16(26)12-11-9(19(11,5)6)8-23(12)17(27)14(20)18(2,3)4/h1,9-12,14H,8,20H2,2-6H3,(H2,21,25)(H,22,26)/t9-,10?,11-,12-,14+/m0/s1. The molecule has 0 aromatic heterocycles. The van der Waals surface area contributed by atoms with Gasteiger partial charge in [-0.3, -0.25) is 19.2 Å². The first-order chi connectivity index (χ1) is 12.2. The van der Waals surface area contributed by atoms with Gasteiger partial charge in [-0.25, -0.2) is 0 Å². The third-order valence-electron chi connectivity index (χ3n) is 5.92. The van der Waals surface area contributed by atoms with Crippen LogP contribution in [0.25, 0.3) is 0 Å². The molecule has 0 spiro atoms. The number of carbonyl (C=O) groups excluding carboxylic acids is 4. The van der Waals surface area contributed by atoms with Crippen LogP contribution < -0.4 is 16.8 Å². The van der Waals surface area contributed by atoms with Crippen molar-refractivity contribution >= 4 is 23.5 Å². The van der Waals surface area contributed by atoms with E-state index in [-0.39, 0.29) is 23.2 Å². The zero-order valence-electron chi connectivity index (χ0n) is 16.4. The predicted molar refractivity (Wildman–Crippen MR) is 98.7 cm³/mol. The number of hydrogen-bond acceptors (Lipinski definition) is 5. The molecular weight excluding hydrogens is 348 g/mol. The molecule has 8 heteroatoms. The maximum Gasteiger partial charge on any atom is 0.288 e. The van der Waals surface area contributed by atoms with E-state index in [0.717, 1.165) is 0 Å². The van der Waals surface area contributed by atoms with E-state index >= 15 is 0 Å². The second kappa shape index (κ2) is 6.64. The molecule has 2 aliphatic rings. The Labute approximate surface area is 159 Å². The van der Waals surface area contributed by atoms with Crippen LogP contribution in [0.5, 0.6) is 0 Å². The quantitative estimate of drug-likeness (QED) is 0.418. The second-order valence-corrected chi connectivity index (χ2v) is 9.07. The number of nitrogens with one attached hydrogen (secondary N) is 1. The van der Waals surface area contributed by atoms with Crippen LogP contribution in [0.15, 0.2) is 0 Å². The molecule has 2 fully saturated rings. The minimum Gasteiger partial charge on any atom is -0.363 e. The van der Waals surface area contributed by atoms with Gasteiger partial charge in [0.05, 0.1) is 6.04 Å². The van der Waals surface area contributed by atoms with E-state index in [1.807, 2.05) is 34.6 Å². The number of likely N-dealkylation sites (tertiary alicyclic amines) is 1. The van der Waals surface area contributed by atoms with Gasteiger partial charge >= 0.3 is 0 Å². The summed E-state index contributed by atoms with van der Waals surface area (Å²) in [6.07, 6.45) is 5.26. The maximum absolute atomic E-state index is 12.9. The van der Waals surface area contributed by atoms with Crippen molar-refractivity contribution in [3.63, 3.8) is 0 Å². The number of Topliss-reactive ketones (excluding diaryl/α,β-unsaturated/α-hetero) is 1. The Kier molecular flexibility index (Phi) is 5.14. The molecule has 1 saturated carbocycles. The minimum atomic E-state index is -1.45. The summed E-state index contributed by atoms with van der Waals surface area (Å²) in [5, 5.41) is 2.39. The number of nitrogens with zero attached hydrogens (tertiary/aromatic N) is 1. The lowest BCUT2D eigenvalue weighted by atomic mass is 9.86. The van der Waals surface area contributed by atoms with Crippen molar-refractivity contribution in [2.24, 2.45) is 34.1 Å². The Bertz CT molecular complexity index is 731. The van der Waals surface area contributed by atoms with Gasteiger partial charge in [-0.05, 0) is 22.7 Å². The van der Waals surface area contributed by atoms with Gasteiger partial charge in [0.25, 0.3) is 11.7 Å². The molecular formula is C19H28N4O4. The highest BCUT2D eigenvalue weighted by molar-refractivity contribution is 6.38. The Morgan fingerprint density at radius 3 is 2.26 bits per heavy atom. The number of nitrogens with two attached hydrogens (primary N) is 2. The summed E-state index contributed by atoms with van der Waals surface area (Å²) in [6.45, 7) is 10.0. The van der Waals surface area contributed by atoms with Gasteiger partial charge < -0.3 is 21.7 Å². The van der Waals surface area contributed by atoms with Gasteiger partial charge in [-0.2, -0.15) is 0 Å². The third-order valence-corrected chi connectivity index (χ3v) is 5.92. The molecule has 148 valence electrons. The van der Waals surface area contributed by atoms with E-state index in [1.165, 1.54) is 4.90 Å². The number of fused-ring (bicyclic) bond motifs is 1. The summed E-state index contributed by atoms with van der Waals surface area (Å²) in [5.74, 6) is -1.00. The van der Waals surface area contributed by atoms with Crippen LogP contribution in [-0.2, 0) is 19.2 Å². The van der Waals surface area contributed by atoms with Crippen molar-refractivity contribution in [2.45, 2.75) is 52.7 Å². The fraction of sp³-hybridized carbons (Fsp3) is 0.684. The number of primary amides is 1. The van der Waals surface area contributed by atoms with Crippen LogP contribution in [0.3, 0.4) is 0 Å². The summed E-state index contributed by atoms with van der Waals surface area (Å²) in [5.41, 5.74) is 10.5. The third kappa shape index (κ3) is 3.56. The molecule has 5 N–H and O–H groups in total. The van der Waals surface area contributed by atoms with Crippen LogP contribution in [0.1, 0.15) is 34.6 Å². The first-order valence-corrected chi connectivity index (χ1v) is 8.91. The molecule has 1 heterocycles. The van der Waals surface area contributed by atoms with Gasteiger partial charge in [0.1, 0.15) is 6.04 Å². The van der Waals surface area contributed by atoms with E-state index in [2.05, 4.69) is 11.2 Å². The molecule has 1 aliphatic carbocycles. The van der Waals surface area contributed by atoms with Crippen LogP contribution in [0.2, 0.25) is 0 Å². The molecule has 8 nitrogen and oxygen atoms in total. The largest absolute Gasteiger partial charge is 0.363 e. The molecule has 1 aliphatic heterocycles. The predicted octanol–water partition coefficient (Wildman–Crippen LogP) is -0.985. The maximum atomic E-state index is 12.9. The van der Waals surface area contributed by atoms with Gasteiger partial charge in [0.15, 0.2) is 6.04 Å². The summed E-state index contributed by atoms with van der Waals surface area (Å²) >= 11 is 0. The number of terminal acetylenes is 1. The van der Waals surface area contributed by atoms with Crippen LogP contribution in [0, 0.1) is 35.0 Å². The van der Waals surface area contributed by atoms with E-state index < -0.39 is 41.1 Å². The molecule has 5 atom stereocenters. The average molecular weight is 376 g/mol. The SMILES string of the molecule is C#CC(NC(=O)[C@@H]1[C@@H]2[C@H](CN1C(=O)[C@@H](N)C(C)(C)C)C2(C)C)C(=O)C(N)=O. The first kappa shape index (κ1) is 20.9. The fourth-order valence-corrected chi connectivity index (χ4v) is 3.92. The summed E-state index contributed by atoms with van der Waals surface area (Å²) < 4.78 is 0. The number of amides is 3. The minimum absolute atomic E-state index is 0.0595. The van der Waals surface area contributed by atoms with E-state index in [1.54, 1.807) is 0 Å². The van der Waals surface area contributed by atoms with Gasteiger partial charge in [0.2, 0.25) is 11.8 Å². The molecule has 0 bridgehead atoms. The van der Waals surface area contributed by atoms with Crippen molar-refractivity contribution in [1.29, 1.82) is 0 Å². The number of carbonyl (C=O) groups is 4. The first-order valence-electron chi connectivity index (χ1n) is 8.91. The topological polar surface area (TPSA) is 136 Å². The highest BCUT2D eigenvalue weighted by Gasteiger charge is 2.69. The van der Waals surface area contributed by atoms with Crippen molar-refractivity contribution in [3.05, 3.63) is 0 Å². The Hall–Kier alpha value is -2.40. The molecule has 1 saturated heterocycles. The average Bonchev–Trinajstić information content (AvgIpc) is 2.93. The van der Waals surface area contributed by atoms with E-state index in [9.17, 15) is 19.2 Å². The van der Waals surface area contributed by atoms with E-state index in [0.29, 0.717) is 6.54 Å². The lowest BCUT2D eigenvalue weighted by Gasteiger charge is -2.35. The van der Waals surface area contributed by atoms with Crippen molar-refractivity contribution in [3.8, 4) is 12.3 Å². The second-order valence-electron chi connectivity index (χ2n) is 9.07. The van der Waals surface area contributed by atoms with Crippen molar-refractivity contribution in [1.82, 2.24) is 10.2 Å². The molecule has 2 rings (SSSR count). The molecule has 1 unspecified atom stereocenters. The normalized spacial score (nSPS) is 27.7. The number of piperidine rings is 1. The summed E-state index contributed by atoms with van der Waals surface area (Å²) in [7, 11) is 0. The smallest absolute Gasteiger partial charge is 0.288 e. The van der Waals surface area contributed by atoms with Crippen molar-refractivity contribution in [2.75, 3.05) is 6.54 Å². The van der Waals surface area contributed by atoms with Gasteiger partial charge in [0, 0.05) is 6.54 Å². The van der Waals surface area contributed by atoms with Crippen LogP contribution >= 0.6 is 0 Å². The summed E-state index contributed by atoms with van der Waals surface area (Å²) in [4.78, 5) is 50.2. The molecule has 0 aromatic carbocycles. The lowest BCUT2D eigenvalue weighted by molar-refractivity contribution is -0.144. The van der Waals surface area contributed by atoms with Crippen LogP contribution in [-0.4, -0.2) is 53.1 Å². The van der Waals surface area contributed by atoms with Crippen molar-refractivity contribution < 1.29 is 19.2 Å². The Balaban J connectivity index is 2.25. The highest BCUT2D eigenvalue weighted by Crippen LogP contribution is 2.65. The lowest BCUT2D eigenvalue weighted by Crippen LogP contribution is -2.58. The number of rotatable bonds is 5. The fourth-order valence-electron chi connectivity index (χ4n) is 3.92. The molecule has 0 aromatic rings. The summed E-state index contributed by atoms with van der Waals surface area (Å²) in [6, 6.07) is -3.02. The Morgan fingerprint density at radius 2 is 1.81 bits per heavy atom. The van der Waals surface area contributed by atoms with Crippen LogP contribution in [0.4, 0.5) is 0 Å².